The van der Waals surface area contributed by atoms with Crippen LogP contribution < -0.4 is 10.6 Å². The van der Waals surface area contributed by atoms with Gasteiger partial charge in [-0.1, -0.05) is 103 Å². The summed E-state index contributed by atoms with van der Waals surface area (Å²) in [6, 6.07) is 5.94. The highest BCUT2D eigenvalue weighted by molar-refractivity contribution is 5.92. The minimum absolute atomic E-state index is 0.208. The van der Waals surface area contributed by atoms with Gasteiger partial charge < -0.3 is 20.3 Å². The molecule has 0 saturated carbocycles. The predicted molar refractivity (Wildman–Crippen MR) is 165 cm³/mol. The van der Waals surface area contributed by atoms with Gasteiger partial charge in [-0.05, 0) is 56.7 Å². The number of hydrogen-bond donors (Lipinski definition) is 2. The van der Waals surface area contributed by atoms with E-state index < -0.39 is 23.8 Å². The van der Waals surface area contributed by atoms with Crippen molar-refractivity contribution < 1.29 is 19.1 Å². The topological polar surface area (TPSA) is 87.7 Å². The molecule has 0 fully saturated rings. The number of ether oxygens (including phenoxy) is 1. The monoisotopic (exact) mass is 557 g/mol. The number of carbonyl (C=O) groups excluding carboxylic acids is 3. The van der Waals surface area contributed by atoms with Crippen molar-refractivity contribution in [1.82, 2.24) is 15.5 Å². The number of amides is 3. The molecule has 2 unspecified atom stereocenters. The van der Waals surface area contributed by atoms with Crippen molar-refractivity contribution >= 4 is 24.0 Å². The van der Waals surface area contributed by atoms with Crippen LogP contribution in [0.15, 0.2) is 30.8 Å². The number of hydrogen-bond acceptors (Lipinski definition) is 4. The van der Waals surface area contributed by atoms with Crippen molar-refractivity contribution in [3.8, 4) is 0 Å². The molecule has 2 atom stereocenters. The van der Waals surface area contributed by atoms with Crippen molar-refractivity contribution in [2.75, 3.05) is 13.1 Å². The highest BCUT2D eigenvalue weighted by atomic mass is 16.6. The van der Waals surface area contributed by atoms with Crippen LogP contribution in [0.5, 0.6) is 0 Å². The normalized spacial score (nSPS) is 12.9. The van der Waals surface area contributed by atoms with E-state index in [-0.39, 0.29) is 17.7 Å². The van der Waals surface area contributed by atoms with E-state index in [9.17, 15) is 14.4 Å². The molecule has 0 bridgehead atoms. The Labute approximate surface area is 243 Å². The summed E-state index contributed by atoms with van der Waals surface area (Å²) >= 11 is 0. The molecule has 0 spiro atoms. The summed E-state index contributed by atoms with van der Waals surface area (Å²) in [7, 11) is 0. The fraction of sp³-hybridized carbons (Fsp3) is 0.667. The Hall–Kier alpha value is -2.83. The first-order chi connectivity index (χ1) is 18.9. The average Bonchev–Trinajstić information content (AvgIpc) is 2.89. The van der Waals surface area contributed by atoms with E-state index >= 15 is 0 Å². The summed E-state index contributed by atoms with van der Waals surface area (Å²) in [5.74, 6) is -0.705. The molecule has 0 aliphatic rings. The number of nitrogens with zero attached hydrogens (tertiary/aromatic N) is 1. The second-order valence-corrected chi connectivity index (χ2v) is 11.9. The first kappa shape index (κ1) is 35.2. The molecule has 0 radical (unpaired) electrons. The van der Waals surface area contributed by atoms with Crippen LogP contribution in [-0.2, 0) is 14.3 Å². The number of unbranched alkanes of at least 4 members (excludes halogenated alkanes) is 7. The van der Waals surface area contributed by atoms with E-state index in [1.54, 1.807) is 31.7 Å². The fourth-order valence-corrected chi connectivity index (χ4v) is 4.57. The highest BCUT2D eigenvalue weighted by Crippen LogP contribution is 2.26. The van der Waals surface area contributed by atoms with Crippen molar-refractivity contribution in [1.29, 1.82) is 0 Å². The average molecular weight is 558 g/mol. The van der Waals surface area contributed by atoms with Crippen LogP contribution in [0.1, 0.15) is 123 Å². The van der Waals surface area contributed by atoms with Crippen LogP contribution in [0.25, 0.3) is 6.08 Å². The maximum absolute atomic E-state index is 14.3. The summed E-state index contributed by atoms with van der Waals surface area (Å²) < 4.78 is 5.47. The zero-order chi connectivity index (χ0) is 30.1. The van der Waals surface area contributed by atoms with Gasteiger partial charge in [-0.3, -0.25) is 9.59 Å². The zero-order valence-electron chi connectivity index (χ0n) is 26.2. The lowest BCUT2D eigenvalue weighted by molar-refractivity contribution is -0.143. The molecule has 0 heterocycles. The van der Waals surface area contributed by atoms with Crippen LogP contribution >= 0.6 is 0 Å². The summed E-state index contributed by atoms with van der Waals surface area (Å²) in [6.45, 7) is 18.3. The minimum atomic E-state index is -0.840. The van der Waals surface area contributed by atoms with Crippen molar-refractivity contribution in [3.63, 3.8) is 0 Å². The zero-order valence-corrected chi connectivity index (χ0v) is 26.2. The van der Waals surface area contributed by atoms with E-state index in [2.05, 4.69) is 31.1 Å². The van der Waals surface area contributed by atoms with Crippen molar-refractivity contribution in [2.45, 2.75) is 124 Å². The first-order valence-corrected chi connectivity index (χ1v) is 15.2. The summed E-state index contributed by atoms with van der Waals surface area (Å²) in [5.41, 5.74) is 0.906. The molecule has 1 rings (SSSR count). The Balaban J connectivity index is 3.42. The second kappa shape index (κ2) is 18.5. The molecular formula is C33H55N3O4. The molecule has 226 valence electrons. The van der Waals surface area contributed by atoms with Crippen molar-refractivity contribution in [2.24, 2.45) is 5.92 Å². The standard InChI is InChI=1S/C33H55N3O4/c1-9-12-14-15-16-18-23-36(31(38)28(25(4)5)35-32(39)40-33(6,7)8)29(30(37)34-22-17-13-10-2)27-21-19-20-26(11-3)24-27/h11,19-21,24-25,28-29H,3,9-10,12-18,22-23H2,1-2,4-8H3,(H,34,37)(H,35,39). The Morgan fingerprint density at radius 1 is 0.975 bits per heavy atom. The van der Waals surface area contributed by atoms with Gasteiger partial charge in [-0.2, -0.15) is 0 Å². The van der Waals surface area contributed by atoms with Gasteiger partial charge in [0.15, 0.2) is 0 Å². The number of nitrogens with one attached hydrogen (secondary N) is 2. The van der Waals surface area contributed by atoms with Gasteiger partial charge in [0.05, 0.1) is 0 Å². The Morgan fingerprint density at radius 3 is 2.20 bits per heavy atom. The molecule has 0 aliphatic carbocycles. The number of benzene rings is 1. The molecule has 2 N–H and O–H groups in total. The number of carbonyl (C=O) groups is 3. The smallest absolute Gasteiger partial charge is 0.408 e. The Morgan fingerprint density at radius 2 is 1.60 bits per heavy atom. The maximum atomic E-state index is 14.3. The summed E-state index contributed by atoms with van der Waals surface area (Å²) in [4.78, 5) is 42.4. The van der Waals surface area contributed by atoms with E-state index in [4.69, 9.17) is 4.74 Å². The minimum Gasteiger partial charge on any atom is -0.444 e. The van der Waals surface area contributed by atoms with Crippen LogP contribution in [-0.4, -0.2) is 47.5 Å². The van der Waals surface area contributed by atoms with Gasteiger partial charge in [0.1, 0.15) is 17.7 Å². The fourth-order valence-electron chi connectivity index (χ4n) is 4.57. The SMILES string of the molecule is C=Cc1cccc(C(C(=O)NCCCCC)N(CCCCCCCC)C(=O)C(NC(=O)OC(C)(C)C)C(C)C)c1. The van der Waals surface area contributed by atoms with E-state index in [0.717, 1.165) is 62.5 Å². The third-order valence-corrected chi connectivity index (χ3v) is 6.74. The molecule has 7 nitrogen and oxygen atoms in total. The Bertz CT molecular complexity index is 923. The highest BCUT2D eigenvalue weighted by Gasteiger charge is 2.37. The third kappa shape index (κ3) is 13.0. The molecule has 0 aliphatic heterocycles. The lowest BCUT2D eigenvalue weighted by Crippen LogP contribution is -2.55. The molecule has 7 heteroatoms. The molecular weight excluding hydrogens is 502 g/mol. The largest absolute Gasteiger partial charge is 0.444 e. The van der Waals surface area contributed by atoms with Crippen molar-refractivity contribution in [3.05, 3.63) is 42.0 Å². The van der Waals surface area contributed by atoms with Gasteiger partial charge in [0.25, 0.3) is 0 Å². The van der Waals surface area contributed by atoms with Gasteiger partial charge in [-0.15, -0.1) is 0 Å². The van der Waals surface area contributed by atoms with E-state index in [1.165, 1.54) is 6.42 Å². The van der Waals surface area contributed by atoms with E-state index in [1.807, 2.05) is 38.1 Å². The van der Waals surface area contributed by atoms with Gasteiger partial charge >= 0.3 is 6.09 Å². The molecule has 1 aromatic rings. The van der Waals surface area contributed by atoms with Gasteiger partial charge in [0.2, 0.25) is 11.8 Å². The predicted octanol–water partition coefficient (Wildman–Crippen LogP) is 7.42. The molecule has 1 aromatic carbocycles. The lowest BCUT2D eigenvalue weighted by Gasteiger charge is -2.36. The summed E-state index contributed by atoms with van der Waals surface area (Å²) in [6.07, 6.45) is 10.4. The maximum Gasteiger partial charge on any atom is 0.408 e. The number of rotatable bonds is 18. The molecule has 0 aromatic heterocycles. The molecule has 3 amide bonds. The van der Waals surface area contributed by atoms with Crippen LogP contribution in [0.2, 0.25) is 0 Å². The Kier molecular flexibility index (Phi) is 16.3. The van der Waals surface area contributed by atoms with Crippen LogP contribution in [0.4, 0.5) is 4.79 Å². The first-order valence-electron chi connectivity index (χ1n) is 15.2. The quantitative estimate of drug-likeness (QED) is 0.184. The van der Waals surface area contributed by atoms with Crippen LogP contribution in [0, 0.1) is 5.92 Å². The second-order valence-electron chi connectivity index (χ2n) is 11.9. The van der Waals surface area contributed by atoms with Crippen LogP contribution in [0.3, 0.4) is 0 Å². The van der Waals surface area contributed by atoms with Gasteiger partial charge in [0, 0.05) is 13.1 Å². The van der Waals surface area contributed by atoms with Gasteiger partial charge in [-0.25, -0.2) is 4.79 Å². The summed E-state index contributed by atoms with van der Waals surface area (Å²) in [5, 5.41) is 5.88. The van der Waals surface area contributed by atoms with E-state index in [0.29, 0.717) is 13.1 Å². The molecule has 40 heavy (non-hydrogen) atoms. The number of alkyl carbamates (subject to hydrolysis) is 1. The molecule has 0 saturated heterocycles. The lowest BCUT2D eigenvalue weighted by atomic mass is 9.97. The third-order valence-electron chi connectivity index (χ3n) is 6.74.